The largest absolute Gasteiger partial charge is 0.490 e. The standard InChI is InChI=1S/C20H17FN2O4/c1-3-10-25-16-8-6-14(7-9-16)20(24)26-12-18-22-19(23-27-18)15-5-4-13(2)17(21)11-15/h3-9,11H,1,10,12H2,2H3. The van der Waals surface area contributed by atoms with E-state index in [9.17, 15) is 9.18 Å². The minimum atomic E-state index is -0.536. The Morgan fingerprint density at radius 3 is 2.74 bits per heavy atom. The number of hydrogen-bond acceptors (Lipinski definition) is 6. The molecule has 0 spiro atoms. The summed E-state index contributed by atoms with van der Waals surface area (Å²) < 4.78 is 29.2. The monoisotopic (exact) mass is 368 g/mol. The lowest BCUT2D eigenvalue weighted by atomic mass is 10.1. The fourth-order valence-corrected chi connectivity index (χ4v) is 2.22. The van der Waals surface area contributed by atoms with Gasteiger partial charge in [0, 0.05) is 5.56 Å². The Hall–Kier alpha value is -3.48. The van der Waals surface area contributed by atoms with Crippen LogP contribution in [0.3, 0.4) is 0 Å². The number of carbonyl (C=O) groups excluding carboxylic acids is 1. The number of hydrogen-bond donors (Lipinski definition) is 0. The molecule has 0 atom stereocenters. The summed E-state index contributed by atoms with van der Waals surface area (Å²) in [4.78, 5) is 16.2. The quantitative estimate of drug-likeness (QED) is 0.462. The molecule has 2 aromatic carbocycles. The number of carbonyl (C=O) groups is 1. The predicted octanol–water partition coefficient (Wildman–Crippen LogP) is 4.11. The number of esters is 1. The van der Waals surface area contributed by atoms with Crippen molar-refractivity contribution in [1.29, 1.82) is 0 Å². The van der Waals surface area contributed by atoms with Gasteiger partial charge in [0.15, 0.2) is 6.61 Å². The van der Waals surface area contributed by atoms with Crippen LogP contribution in [0.1, 0.15) is 21.8 Å². The van der Waals surface area contributed by atoms with Gasteiger partial charge < -0.3 is 14.0 Å². The second-order valence-electron chi connectivity index (χ2n) is 5.68. The molecule has 1 aromatic heterocycles. The van der Waals surface area contributed by atoms with Crippen molar-refractivity contribution >= 4 is 5.97 Å². The van der Waals surface area contributed by atoms with Gasteiger partial charge >= 0.3 is 5.97 Å². The van der Waals surface area contributed by atoms with Crippen LogP contribution in [0, 0.1) is 12.7 Å². The van der Waals surface area contributed by atoms with E-state index in [0.717, 1.165) is 0 Å². The Balaban J connectivity index is 1.60. The van der Waals surface area contributed by atoms with Crippen molar-refractivity contribution in [2.75, 3.05) is 6.61 Å². The zero-order valence-corrected chi connectivity index (χ0v) is 14.6. The van der Waals surface area contributed by atoms with E-state index in [1.54, 1.807) is 49.4 Å². The first kappa shape index (κ1) is 18.3. The lowest BCUT2D eigenvalue weighted by Gasteiger charge is -2.05. The summed E-state index contributed by atoms with van der Waals surface area (Å²) in [7, 11) is 0. The maximum Gasteiger partial charge on any atom is 0.338 e. The molecule has 1 heterocycles. The molecule has 6 nitrogen and oxygen atoms in total. The van der Waals surface area contributed by atoms with Crippen molar-refractivity contribution in [2.24, 2.45) is 0 Å². The molecular weight excluding hydrogens is 351 g/mol. The molecule has 0 bridgehead atoms. The van der Waals surface area contributed by atoms with E-state index in [1.165, 1.54) is 6.07 Å². The highest BCUT2D eigenvalue weighted by Crippen LogP contribution is 2.19. The molecule has 27 heavy (non-hydrogen) atoms. The molecule has 0 fully saturated rings. The highest BCUT2D eigenvalue weighted by Gasteiger charge is 2.13. The zero-order chi connectivity index (χ0) is 19.2. The van der Waals surface area contributed by atoms with Crippen molar-refractivity contribution in [2.45, 2.75) is 13.5 Å². The highest BCUT2D eigenvalue weighted by atomic mass is 19.1. The van der Waals surface area contributed by atoms with Crippen LogP contribution in [0.15, 0.2) is 59.6 Å². The summed E-state index contributed by atoms with van der Waals surface area (Å²) in [5, 5.41) is 3.78. The van der Waals surface area contributed by atoms with E-state index in [1.807, 2.05) is 0 Å². The molecule has 0 N–H and O–H groups in total. The van der Waals surface area contributed by atoms with Crippen molar-refractivity contribution in [3.05, 3.63) is 78.0 Å². The third-order valence-corrected chi connectivity index (χ3v) is 3.68. The molecule has 0 amide bonds. The van der Waals surface area contributed by atoms with E-state index in [0.29, 0.717) is 29.0 Å². The average molecular weight is 368 g/mol. The summed E-state index contributed by atoms with van der Waals surface area (Å²) in [6.45, 7) is 5.43. The molecule has 0 saturated heterocycles. The van der Waals surface area contributed by atoms with Gasteiger partial charge in [-0.25, -0.2) is 9.18 Å². The first-order valence-corrected chi connectivity index (χ1v) is 8.17. The fourth-order valence-electron chi connectivity index (χ4n) is 2.22. The molecule has 3 aromatic rings. The number of benzene rings is 2. The van der Waals surface area contributed by atoms with E-state index in [-0.39, 0.29) is 24.1 Å². The van der Waals surface area contributed by atoms with Gasteiger partial charge in [0.2, 0.25) is 5.82 Å². The molecule has 7 heteroatoms. The summed E-state index contributed by atoms with van der Waals surface area (Å²) in [5.41, 5.74) is 1.37. The van der Waals surface area contributed by atoms with E-state index in [4.69, 9.17) is 14.0 Å². The molecule has 0 aliphatic carbocycles. The number of aromatic nitrogens is 2. The Morgan fingerprint density at radius 1 is 1.26 bits per heavy atom. The first-order valence-electron chi connectivity index (χ1n) is 8.17. The van der Waals surface area contributed by atoms with Gasteiger partial charge in [0.25, 0.3) is 5.89 Å². The molecule has 0 aliphatic heterocycles. The molecule has 0 saturated carbocycles. The first-order chi connectivity index (χ1) is 13.1. The van der Waals surface area contributed by atoms with Gasteiger partial charge in [-0.3, -0.25) is 0 Å². The van der Waals surface area contributed by atoms with Crippen LogP contribution in [-0.2, 0) is 11.3 Å². The maximum atomic E-state index is 13.6. The number of rotatable bonds is 7. The fraction of sp³-hybridized carbons (Fsp3) is 0.150. The Kier molecular flexibility index (Phi) is 5.61. The van der Waals surface area contributed by atoms with Gasteiger partial charge in [-0.1, -0.05) is 29.9 Å². The van der Waals surface area contributed by atoms with E-state index >= 15 is 0 Å². The topological polar surface area (TPSA) is 74.5 Å². The number of aryl methyl sites for hydroxylation is 1. The van der Waals surface area contributed by atoms with Crippen LogP contribution in [0.5, 0.6) is 5.75 Å². The van der Waals surface area contributed by atoms with Crippen molar-refractivity contribution in [3.8, 4) is 17.1 Å². The van der Waals surface area contributed by atoms with Crippen LogP contribution in [0.25, 0.3) is 11.4 Å². The lowest BCUT2D eigenvalue weighted by Crippen LogP contribution is -2.05. The van der Waals surface area contributed by atoms with Crippen molar-refractivity contribution in [1.82, 2.24) is 10.1 Å². The van der Waals surface area contributed by atoms with Crippen molar-refractivity contribution in [3.63, 3.8) is 0 Å². The van der Waals surface area contributed by atoms with Crippen LogP contribution < -0.4 is 4.74 Å². The van der Waals surface area contributed by atoms with Gasteiger partial charge in [0.05, 0.1) is 5.56 Å². The molecule has 0 radical (unpaired) electrons. The summed E-state index contributed by atoms with van der Waals surface area (Å²) in [5.74, 6) is 0.0736. The minimum absolute atomic E-state index is 0.116. The minimum Gasteiger partial charge on any atom is -0.490 e. The van der Waals surface area contributed by atoms with Crippen LogP contribution >= 0.6 is 0 Å². The smallest absolute Gasteiger partial charge is 0.338 e. The molecule has 3 rings (SSSR count). The van der Waals surface area contributed by atoms with Gasteiger partial charge in [-0.15, -0.1) is 0 Å². The highest BCUT2D eigenvalue weighted by molar-refractivity contribution is 5.89. The third-order valence-electron chi connectivity index (χ3n) is 3.68. The Labute approximate surface area is 155 Å². The Morgan fingerprint density at radius 2 is 2.04 bits per heavy atom. The second kappa shape index (κ2) is 8.27. The third kappa shape index (κ3) is 4.58. The van der Waals surface area contributed by atoms with Crippen LogP contribution in [0.2, 0.25) is 0 Å². The molecule has 0 unspecified atom stereocenters. The molecule has 0 aliphatic rings. The number of halogens is 1. The summed E-state index contributed by atoms with van der Waals surface area (Å²) >= 11 is 0. The zero-order valence-electron chi connectivity index (χ0n) is 14.6. The maximum absolute atomic E-state index is 13.6. The Bertz CT molecular complexity index is 951. The second-order valence-corrected chi connectivity index (χ2v) is 5.68. The van der Waals surface area contributed by atoms with Crippen LogP contribution in [0.4, 0.5) is 4.39 Å². The lowest BCUT2D eigenvalue weighted by molar-refractivity contribution is 0.0430. The molecular formula is C20H17FN2O4. The van der Waals surface area contributed by atoms with E-state index in [2.05, 4.69) is 16.7 Å². The van der Waals surface area contributed by atoms with Gasteiger partial charge in [-0.2, -0.15) is 4.98 Å². The van der Waals surface area contributed by atoms with E-state index < -0.39 is 5.97 Å². The summed E-state index contributed by atoms with van der Waals surface area (Å²) in [6, 6.07) is 11.2. The van der Waals surface area contributed by atoms with Crippen LogP contribution in [-0.4, -0.2) is 22.7 Å². The van der Waals surface area contributed by atoms with Gasteiger partial charge in [-0.05, 0) is 42.8 Å². The summed E-state index contributed by atoms with van der Waals surface area (Å²) in [6.07, 6.45) is 1.63. The van der Waals surface area contributed by atoms with Gasteiger partial charge in [0.1, 0.15) is 18.2 Å². The average Bonchev–Trinajstić information content (AvgIpc) is 3.16. The van der Waals surface area contributed by atoms with Crippen molar-refractivity contribution < 1.29 is 23.2 Å². The number of ether oxygens (including phenoxy) is 2. The number of nitrogens with zero attached hydrogens (tertiary/aromatic N) is 2. The SMILES string of the molecule is C=CCOc1ccc(C(=O)OCc2nc(-c3ccc(C)c(F)c3)no2)cc1. The predicted molar refractivity (Wildman–Crippen MR) is 95.7 cm³/mol. The normalized spacial score (nSPS) is 10.4. The molecule has 138 valence electrons.